The number of aliphatic hydroxyl groups is 1. The molecule has 0 bridgehead atoms. The van der Waals surface area contributed by atoms with Crippen molar-refractivity contribution in [2.45, 2.75) is 13.0 Å². The van der Waals surface area contributed by atoms with Crippen molar-refractivity contribution >= 4 is 11.6 Å². The molecule has 0 aromatic heterocycles. The van der Waals surface area contributed by atoms with Crippen LogP contribution in [0.4, 0.5) is 10.1 Å². The lowest BCUT2D eigenvalue weighted by molar-refractivity contribution is -0.115. The fourth-order valence-corrected chi connectivity index (χ4v) is 1.42. The lowest BCUT2D eigenvalue weighted by Crippen LogP contribution is -2.03. The summed E-state index contributed by atoms with van der Waals surface area (Å²) in [6, 6.07) is 2.76. The second-order valence-corrected chi connectivity index (χ2v) is 2.98. The summed E-state index contributed by atoms with van der Waals surface area (Å²) in [5.41, 5.74) is 1.49. The molecule has 1 aliphatic rings. The minimum Gasteiger partial charge on any atom is -0.392 e. The molecule has 1 aromatic rings. The Hall–Kier alpha value is -1.42. The van der Waals surface area contributed by atoms with Crippen LogP contribution in [-0.2, 0) is 17.8 Å². The molecule has 3 nitrogen and oxygen atoms in total. The predicted octanol–water partition coefficient (Wildman–Crippen LogP) is 0.813. The fourth-order valence-electron chi connectivity index (χ4n) is 1.42. The van der Waals surface area contributed by atoms with Gasteiger partial charge in [-0.05, 0) is 17.7 Å². The van der Waals surface area contributed by atoms with Crippen LogP contribution in [0.1, 0.15) is 11.1 Å². The number of carbonyl (C=O) groups is 1. The van der Waals surface area contributed by atoms with Crippen molar-refractivity contribution in [3.05, 3.63) is 29.1 Å². The molecule has 0 aliphatic carbocycles. The summed E-state index contributed by atoms with van der Waals surface area (Å²) in [4.78, 5) is 10.9. The Bertz CT molecular complexity index is 376. The van der Waals surface area contributed by atoms with Crippen molar-refractivity contribution in [1.82, 2.24) is 0 Å². The lowest BCUT2D eigenvalue weighted by atomic mass is 10.1. The number of amides is 1. The summed E-state index contributed by atoms with van der Waals surface area (Å²) in [7, 11) is 0. The van der Waals surface area contributed by atoms with Gasteiger partial charge in [-0.3, -0.25) is 4.79 Å². The number of halogens is 1. The molecular weight excluding hydrogens is 173 g/mol. The van der Waals surface area contributed by atoms with E-state index in [4.69, 9.17) is 5.11 Å². The van der Waals surface area contributed by atoms with Crippen LogP contribution < -0.4 is 5.32 Å². The first-order chi connectivity index (χ1) is 6.20. The summed E-state index contributed by atoms with van der Waals surface area (Å²) in [5, 5.41) is 11.3. The second-order valence-electron chi connectivity index (χ2n) is 2.98. The first kappa shape index (κ1) is 8.19. The third-order valence-electron chi connectivity index (χ3n) is 2.07. The molecule has 0 saturated heterocycles. The van der Waals surface area contributed by atoms with Crippen LogP contribution in [0.5, 0.6) is 0 Å². The molecule has 0 spiro atoms. The monoisotopic (exact) mass is 181 g/mol. The standard InChI is InChI=1S/C9H8FNO2/c10-7-3-8-5(1-6(7)4-12)2-9(13)11-8/h1,3,12H,2,4H2,(H,11,13). The molecule has 1 aliphatic heterocycles. The summed E-state index contributed by atoms with van der Waals surface area (Å²) < 4.78 is 13.1. The van der Waals surface area contributed by atoms with Gasteiger partial charge in [0.05, 0.1) is 13.0 Å². The molecule has 13 heavy (non-hydrogen) atoms. The zero-order valence-electron chi connectivity index (χ0n) is 6.80. The topological polar surface area (TPSA) is 49.3 Å². The molecule has 2 rings (SSSR count). The Morgan fingerprint density at radius 1 is 1.54 bits per heavy atom. The van der Waals surface area contributed by atoms with Crippen molar-refractivity contribution in [3.63, 3.8) is 0 Å². The highest BCUT2D eigenvalue weighted by Crippen LogP contribution is 2.25. The minimum atomic E-state index is -0.483. The number of benzene rings is 1. The van der Waals surface area contributed by atoms with E-state index in [0.29, 0.717) is 5.69 Å². The summed E-state index contributed by atoms with van der Waals surface area (Å²) in [6.45, 7) is -0.340. The quantitative estimate of drug-likeness (QED) is 0.673. The molecule has 2 N–H and O–H groups in total. The molecule has 1 aromatic carbocycles. The van der Waals surface area contributed by atoms with E-state index < -0.39 is 5.82 Å². The van der Waals surface area contributed by atoms with Crippen LogP contribution in [0.2, 0.25) is 0 Å². The van der Waals surface area contributed by atoms with Gasteiger partial charge in [-0.1, -0.05) is 0 Å². The average Bonchev–Trinajstić information content (AvgIpc) is 2.42. The van der Waals surface area contributed by atoms with Crippen LogP contribution in [0, 0.1) is 5.82 Å². The second kappa shape index (κ2) is 2.81. The van der Waals surface area contributed by atoms with Gasteiger partial charge in [-0.15, -0.1) is 0 Å². The van der Waals surface area contributed by atoms with E-state index in [1.807, 2.05) is 0 Å². The number of hydrogen-bond donors (Lipinski definition) is 2. The Morgan fingerprint density at radius 3 is 3.00 bits per heavy atom. The van der Waals surface area contributed by atoms with Crippen molar-refractivity contribution in [1.29, 1.82) is 0 Å². The van der Waals surface area contributed by atoms with Gasteiger partial charge in [0.25, 0.3) is 0 Å². The molecule has 0 radical (unpaired) electrons. The van der Waals surface area contributed by atoms with Gasteiger partial charge in [0.2, 0.25) is 5.91 Å². The van der Waals surface area contributed by atoms with Gasteiger partial charge >= 0.3 is 0 Å². The molecule has 0 fully saturated rings. The molecule has 0 unspecified atom stereocenters. The van der Waals surface area contributed by atoms with E-state index in [-0.39, 0.29) is 24.5 Å². The van der Waals surface area contributed by atoms with E-state index in [2.05, 4.69) is 5.32 Å². The fraction of sp³-hybridized carbons (Fsp3) is 0.222. The zero-order chi connectivity index (χ0) is 9.42. The largest absolute Gasteiger partial charge is 0.392 e. The average molecular weight is 181 g/mol. The Kier molecular flexibility index (Phi) is 1.77. The maximum atomic E-state index is 13.1. The number of aliphatic hydroxyl groups excluding tert-OH is 1. The molecule has 68 valence electrons. The van der Waals surface area contributed by atoms with Crippen LogP contribution in [0.25, 0.3) is 0 Å². The molecule has 0 saturated carbocycles. The van der Waals surface area contributed by atoms with Gasteiger partial charge in [-0.2, -0.15) is 0 Å². The molecular formula is C9H8FNO2. The van der Waals surface area contributed by atoms with Gasteiger partial charge < -0.3 is 10.4 Å². The third kappa shape index (κ3) is 1.29. The van der Waals surface area contributed by atoms with Crippen molar-refractivity contribution < 1.29 is 14.3 Å². The van der Waals surface area contributed by atoms with Crippen LogP contribution in [0.15, 0.2) is 12.1 Å². The van der Waals surface area contributed by atoms with E-state index in [9.17, 15) is 9.18 Å². The SMILES string of the molecule is O=C1Cc2cc(CO)c(F)cc2N1. The van der Waals surface area contributed by atoms with Crippen LogP contribution >= 0.6 is 0 Å². The predicted molar refractivity (Wildman–Crippen MR) is 44.7 cm³/mol. The van der Waals surface area contributed by atoms with Gasteiger partial charge in [-0.25, -0.2) is 4.39 Å². The van der Waals surface area contributed by atoms with Crippen molar-refractivity contribution in [2.24, 2.45) is 0 Å². The number of nitrogens with one attached hydrogen (secondary N) is 1. The van der Waals surface area contributed by atoms with E-state index >= 15 is 0 Å². The maximum absolute atomic E-state index is 13.1. The first-order valence-electron chi connectivity index (χ1n) is 3.92. The summed E-state index contributed by atoms with van der Waals surface area (Å²) in [5.74, 6) is -0.618. The van der Waals surface area contributed by atoms with E-state index in [0.717, 1.165) is 5.56 Å². The van der Waals surface area contributed by atoms with Gasteiger partial charge in [0.1, 0.15) is 5.82 Å². The minimum absolute atomic E-state index is 0.135. The van der Waals surface area contributed by atoms with E-state index in [1.165, 1.54) is 12.1 Å². The number of anilines is 1. The highest BCUT2D eigenvalue weighted by atomic mass is 19.1. The van der Waals surface area contributed by atoms with Crippen molar-refractivity contribution in [3.8, 4) is 0 Å². The summed E-state index contributed by atoms with van der Waals surface area (Å²) >= 11 is 0. The Morgan fingerprint density at radius 2 is 2.31 bits per heavy atom. The molecule has 1 amide bonds. The smallest absolute Gasteiger partial charge is 0.228 e. The number of rotatable bonds is 1. The Labute approximate surface area is 74.2 Å². The highest BCUT2D eigenvalue weighted by molar-refractivity contribution is 5.99. The third-order valence-corrected chi connectivity index (χ3v) is 2.07. The first-order valence-corrected chi connectivity index (χ1v) is 3.92. The van der Waals surface area contributed by atoms with Crippen LogP contribution in [0.3, 0.4) is 0 Å². The molecule has 1 heterocycles. The number of hydrogen-bond acceptors (Lipinski definition) is 2. The maximum Gasteiger partial charge on any atom is 0.228 e. The zero-order valence-corrected chi connectivity index (χ0v) is 6.80. The normalized spacial score (nSPS) is 14.2. The molecule has 4 heteroatoms. The summed E-state index contributed by atoms with van der Waals surface area (Å²) in [6.07, 6.45) is 0.266. The number of carbonyl (C=O) groups excluding carboxylic acids is 1. The van der Waals surface area contributed by atoms with E-state index in [1.54, 1.807) is 0 Å². The van der Waals surface area contributed by atoms with Crippen molar-refractivity contribution in [2.75, 3.05) is 5.32 Å². The van der Waals surface area contributed by atoms with Gasteiger partial charge in [0, 0.05) is 11.3 Å². The number of fused-ring (bicyclic) bond motifs is 1. The lowest BCUT2D eigenvalue weighted by Gasteiger charge is -2.02. The highest BCUT2D eigenvalue weighted by Gasteiger charge is 2.19. The molecule has 0 atom stereocenters. The Balaban J connectivity index is 2.50. The van der Waals surface area contributed by atoms with Gasteiger partial charge in [0.15, 0.2) is 0 Å². The van der Waals surface area contributed by atoms with Crippen LogP contribution in [-0.4, -0.2) is 11.0 Å².